The molecule has 59 heavy (non-hydrogen) atoms. The van der Waals surface area contributed by atoms with Crippen molar-refractivity contribution in [1.82, 2.24) is 20.1 Å². The molecule has 3 amide bonds. The van der Waals surface area contributed by atoms with Crippen LogP contribution < -0.4 is 5.32 Å². The molecule has 310 valence electrons. The first-order chi connectivity index (χ1) is 27.9. The molecule has 0 saturated heterocycles. The molecule has 5 rings (SSSR count). The zero-order chi connectivity index (χ0) is 43.4. The van der Waals surface area contributed by atoms with Crippen molar-refractivity contribution in [2.24, 2.45) is 11.8 Å². The molecule has 0 unspecified atom stereocenters. The number of aromatic carboxylic acids is 1. The Balaban J connectivity index is 0.000000280. The summed E-state index contributed by atoms with van der Waals surface area (Å²) in [5.74, 6) is -0.966. The second-order valence-corrected chi connectivity index (χ2v) is 16.1. The summed E-state index contributed by atoms with van der Waals surface area (Å²) in [4.78, 5) is 58.3. The minimum Gasteiger partial charge on any atom is -0.478 e. The molecule has 4 aromatic carbocycles. The van der Waals surface area contributed by atoms with Gasteiger partial charge in [-0.15, -0.1) is 0 Å². The number of carboxylic acid groups (broad SMARTS) is 1. The van der Waals surface area contributed by atoms with Gasteiger partial charge in [-0.3, -0.25) is 19.4 Å². The lowest BCUT2D eigenvalue weighted by atomic mass is 9.97. The van der Waals surface area contributed by atoms with Crippen LogP contribution in [-0.4, -0.2) is 82.5 Å². The number of nitrogens with zero attached hydrogens (tertiary/aromatic N) is 3. The summed E-state index contributed by atoms with van der Waals surface area (Å²) < 4.78 is 0. The number of nitrogens with one attached hydrogen (secondary N) is 1. The molecule has 0 spiro atoms. The topological polar surface area (TPSA) is 140 Å². The minimum absolute atomic E-state index is 0.0774. The van der Waals surface area contributed by atoms with E-state index in [1.807, 2.05) is 107 Å². The molecular formula is C49H58N4O6. The SMILES string of the molecule is Cc1ccc(-c2cc(C(=O)N[C@H](CCO)c3ccc(C)nc3)cc(C(=O)N(C)CC(C)C)c2)cc1.Cc1ccc(-c2cc(C(=O)O)cc(C(=O)N(C)CC(C)C)c2)cc1. The third-order valence-electron chi connectivity index (χ3n) is 9.67. The summed E-state index contributed by atoms with van der Waals surface area (Å²) in [7, 11) is 3.52. The number of hydrogen-bond donors (Lipinski definition) is 3. The Labute approximate surface area is 348 Å². The Hall–Kier alpha value is -6.13. The highest BCUT2D eigenvalue weighted by molar-refractivity contribution is 6.02. The van der Waals surface area contributed by atoms with E-state index in [4.69, 9.17) is 0 Å². The predicted octanol–water partition coefficient (Wildman–Crippen LogP) is 9.04. The van der Waals surface area contributed by atoms with Gasteiger partial charge in [-0.2, -0.15) is 0 Å². The molecule has 3 N–H and O–H groups in total. The van der Waals surface area contributed by atoms with E-state index in [9.17, 15) is 29.4 Å². The van der Waals surface area contributed by atoms with Gasteiger partial charge in [0.25, 0.3) is 17.7 Å². The third-order valence-corrected chi connectivity index (χ3v) is 9.67. The molecule has 0 bridgehead atoms. The largest absolute Gasteiger partial charge is 0.478 e. The molecule has 0 saturated carbocycles. The maximum absolute atomic E-state index is 13.4. The molecule has 0 aliphatic rings. The van der Waals surface area contributed by atoms with Gasteiger partial charge in [0.1, 0.15) is 0 Å². The van der Waals surface area contributed by atoms with Crippen LogP contribution in [0.4, 0.5) is 0 Å². The first-order valence-corrected chi connectivity index (χ1v) is 20.0. The van der Waals surface area contributed by atoms with E-state index < -0.39 is 12.0 Å². The molecule has 1 aromatic heterocycles. The molecule has 10 nitrogen and oxygen atoms in total. The number of carboxylic acids is 1. The van der Waals surface area contributed by atoms with Gasteiger partial charge in [-0.05, 0) is 109 Å². The molecule has 0 radical (unpaired) electrons. The molecule has 0 aliphatic heterocycles. The Morgan fingerprint density at radius 1 is 0.610 bits per heavy atom. The fraction of sp³-hybridized carbons (Fsp3) is 0.327. The van der Waals surface area contributed by atoms with Crippen LogP contribution in [0.3, 0.4) is 0 Å². The van der Waals surface area contributed by atoms with Gasteiger partial charge in [0, 0.05) is 62.4 Å². The van der Waals surface area contributed by atoms with E-state index in [-0.39, 0.29) is 29.9 Å². The number of benzene rings is 4. The summed E-state index contributed by atoms with van der Waals surface area (Å²) in [5.41, 5.74) is 8.69. The van der Waals surface area contributed by atoms with Crippen molar-refractivity contribution in [1.29, 1.82) is 0 Å². The van der Waals surface area contributed by atoms with Crippen molar-refractivity contribution in [3.8, 4) is 22.3 Å². The molecule has 5 aromatic rings. The highest BCUT2D eigenvalue weighted by Crippen LogP contribution is 2.26. The smallest absolute Gasteiger partial charge is 0.335 e. The molecule has 1 heterocycles. The van der Waals surface area contributed by atoms with Crippen molar-refractivity contribution in [3.63, 3.8) is 0 Å². The van der Waals surface area contributed by atoms with Crippen LogP contribution in [0.15, 0.2) is 103 Å². The van der Waals surface area contributed by atoms with E-state index in [1.54, 1.807) is 48.3 Å². The van der Waals surface area contributed by atoms with Gasteiger partial charge in [0.2, 0.25) is 0 Å². The average molecular weight is 799 g/mol. The number of aryl methyl sites for hydroxylation is 3. The zero-order valence-electron chi connectivity index (χ0n) is 35.7. The van der Waals surface area contributed by atoms with Crippen molar-refractivity contribution >= 4 is 23.7 Å². The quantitative estimate of drug-likeness (QED) is 0.102. The second-order valence-electron chi connectivity index (χ2n) is 16.1. The van der Waals surface area contributed by atoms with Gasteiger partial charge in [-0.1, -0.05) is 93.4 Å². The first kappa shape index (κ1) is 45.6. The number of aliphatic hydroxyl groups is 1. The Morgan fingerprint density at radius 3 is 1.46 bits per heavy atom. The summed E-state index contributed by atoms with van der Waals surface area (Å²) in [6, 6.07) is 29.3. The van der Waals surface area contributed by atoms with Gasteiger partial charge in [0.05, 0.1) is 11.6 Å². The Kier molecular flexibility index (Phi) is 16.3. The lowest BCUT2D eigenvalue weighted by Crippen LogP contribution is -2.31. The van der Waals surface area contributed by atoms with E-state index in [1.165, 1.54) is 6.07 Å². The van der Waals surface area contributed by atoms with Crippen LogP contribution in [-0.2, 0) is 0 Å². The first-order valence-electron chi connectivity index (χ1n) is 20.0. The van der Waals surface area contributed by atoms with Crippen LogP contribution in [0, 0.1) is 32.6 Å². The monoisotopic (exact) mass is 798 g/mol. The molecular weight excluding hydrogens is 741 g/mol. The van der Waals surface area contributed by atoms with Crippen molar-refractivity contribution in [3.05, 3.63) is 148 Å². The number of hydrogen-bond acceptors (Lipinski definition) is 6. The normalized spacial score (nSPS) is 11.4. The van der Waals surface area contributed by atoms with Gasteiger partial charge >= 0.3 is 5.97 Å². The van der Waals surface area contributed by atoms with E-state index in [0.717, 1.165) is 44.6 Å². The lowest BCUT2D eigenvalue weighted by molar-refractivity contribution is 0.0695. The number of aromatic nitrogens is 1. The second kappa shape index (κ2) is 21.0. The fourth-order valence-electron chi connectivity index (χ4n) is 6.66. The van der Waals surface area contributed by atoms with E-state index in [2.05, 4.69) is 24.1 Å². The highest BCUT2D eigenvalue weighted by atomic mass is 16.4. The Morgan fingerprint density at radius 2 is 1.05 bits per heavy atom. The van der Waals surface area contributed by atoms with Crippen molar-refractivity contribution in [2.75, 3.05) is 33.8 Å². The molecule has 0 aliphatic carbocycles. The number of carbonyl (C=O) groups excluding carboxylic acids is 3. The van der Waals surface area contributed by atoms with Crippen LogP contribution in [0.2, 0.25) is 0 Å². The summed E-state index contributed by atoms with van der Waals surface area (Å²) >= 11 is 0. The molecule has 0 fully saturated rings. The van der Waals surface area contributed by atoms with Gasteiger partial charge in [-0.25, -0.2) is 4.79 Å². The van der Waals surface area contributed by atoms with Crippen molar-refractivity contribution in [2.45, 2.75) is 60.9 Å². The summed E-state index contributed by atoms with van der Waals surface area (Å²) in [6.45, 7) is 15.3. The fourth-order valence-corrected chi connectivity index (χ4v) is 6.66. The summed E-state index contributed by atoms with van der Waals surface area (Å²) in [5, 5.41) is 22.0. The highest BCUT2D eigenvalue weighted by Gasteiger charge is 2.21. The average Bonchev–Trinajstić information content (AvgIpc) is 3.20. The lowest BCUT2D eigenvalue weighted by Gasteiger charge is -2.21. The van der Waals surface area contributed by atoms with Crippen LogP contribution in [0.5, 0.6) is 0 Å². The van der Waals surface area contributed by atoms with Gasteiger partial charge < -0.3 is 25.3 Å². The number of amides is 3. The third kappa shape index (κ3) is 13.2. The summed E-state index contributed by atoms with van der Waals surface area (Å²) in [6.07, 6.45) is 2.07. The van der Waals surface area contributed by atoms with Crippen LogP contribution in [0.25, 0.3) is 22.3 Å². The number of pyridine rings is 1. The van der Waals surface area contributed by atoms with E-state index >= 15 is 0 Å². The van der Waals surface area contributed by atoms with Crippen LogP contribution >= 0.6 is 0 Å². The predicted molar refractivity (Wildman–Crippen MR) is 235 cm³/mol. The van der Waals surface area contributed by atoms with Gasteiger partial charge in [0.15, 0.2) is 0 Å². The Bertz CT molecular complexity index is 2210. The maximum atomic E-state index is 13.4. The van der Waals surface area contributed by atoms with E-state index in [0.29, 0.717) is 48.0 Å². The van der Waals surface area contributed by atoms with Crippen molar-refractivity contribution < 1.29 is 29.4 Å². The number of rotatable bonds is 14. The van der Waals surface area contributed by atoms with Crippen LogP contribution in [0.1, 0.15) is 104 Å². The zero-order valence-corrected chi connectivity index (χ0v) is 35.7. The molecule has 1 atom stereocenters. The number of carbonyl (C=O) groups is 4. The molecule has 10 heteroatoms. The maximum Gasteiger partial charge on any atom is 0.335 e. The standard InChI is InChI=1S/C29H35N3O3.C20H23NO3/c1-19(2)18-32(5)29(35)26-15-24(22-9-6-20(3)7-10-22)14-25(16-26)28(34)31-27(12-13-33)23-11-8-21(4)30-17-23;1-13(2)12-21(4)19(22)17-9-16(10-18(11-17)20(23)24)15-7-5-14(3)6-8-15/h6-11,14-17,19,27,33H,12-13,18H2,1-5H3,(H,31,34);5-11,13H,12H2,1-4H3,(H,23,24)/t27-;/m1./s1. The number of aliphatic hydroxyl groups excluding tert-OH is 1. The minimum atomic E-state index is -1.04.